The van der Waals surface area contributed by atoms with Gasteiger partial charge in [0.15, 0.2) is 0 Å². The van der Waals surface area contributed by atoms with Crippen LogP contribution < -0.4 is 10.1 Å². The first kappa shape index (κ1) is 19.1. The van der Waals surface area contributed by atoms with Crippen LogP contribution in [-0.4, -0.2) is 12.5 Å². The summed E-state index contributed by atoms with van der Waals surface area (Å²) >= 11 is 0. The van der Waals surface area contributed by atoms with E-state index in [0.29, 0.717) is 17.9 Å². The van der Waals surface area contributed by atoms with Gasteiger partial charge in [-0.2, -0.15) is 18.4 Å². The number of halogens is 3. The molecule has 0 fully saturated rings. The topological polar surface area (TPSA) is 62.1 Å². The summed E-state index contributed by atoms with van der Waals surface area (Å²) in [4.78, 5) is 12.2. The highest BCUT2D eigenvalue weighted by molar-refractivity contribution is 6.10. The van der Waals surface area contributed by atoms with E-state index in [1.54, 1.807) is 30.3 Å². The summed E-state index contributed by atoms with van der Waals surface area (Å²) in [7, 11) is 0. The van der Waals surface area contributed by atoms with E-state index in [1.165, 1.54) is 18.2 Å². The first-order chi connectivity index (χ1) is 12.3. The Kier molecular flexibility index (Phi) is 6.02. The van der Waals surface area contributed by atoms with Crippen molar-refractivity contribution in [3.8, 4) is 11.8 Å². The molecule has 0 unspecified atom stereocenters. The van der Waals surface area contributed by atoms with Crippen molar-refractivity contribution in [3.05, 3.63) is 65.2 Å². The Balaban J connectivity index is 2.28. The Morgan fingerprint density at radius 1 is 1.23 bits per heavy atom. The number of carbonyl (C=O) groups is 1. The van der Waals surface area contributed by atoms with Gasteiger partial charge >= 0.3 is 6.18 Å². The van der Waals surface area contributed by atoms with Gasteiger partial charge < -0.3 is 10.1 Å². The number of alkyl halides is 3. The fourth-order valence-electron chi connectivity index (χ4n) is 2.20. The van der Waals surface area contributed by atoms with Gasteiger partial charge in [0, 0.05) is 0 Å². The van der Waals surface area contributed by atoms with Crippen molar-refractivity contribution in [1.82, 2.24) is 0 Å². The molecule has 0 aliphatic rings. The number of nitrogens with one attached hydrogen (secondary N) is 1. The highest BCUT2D eigenvalue weighted by Crippen LogP contribution is 2.34. The molecule has 0 aliphatic carbocycles. The molecule has 0 aromatic heterocycles. The number of hydrogen-bond acceptors (Lipinski definition) is 3. The molecular weight excluding hydrogens is 345 g/mol. The normalized spacial score (nSPS) is 11.6. The lowest BCUT2D eigenvalue weighted by atomic mass is 10.1. The Bertz CT molecular complexity index is 868. The minimum absolute atomic E-state index is 0.323. The van der Waals surface area contributed by atoms with Crippen LogP contribution in [0.15, 0.2) is 54.1 Å². The van der Waals surface area contributed by atoms with E-state index in [-0.39, 0.29) is 5.57 Å². The molecule has 2 aromatic carbocycles. The van der Waals surface area contributed by atoms with Gasteiger partial charge in [-0.05, 0) is 42.8 Å². The molecule has 2 aromatic rings. The summed E-state index contributed by atoms with van der Waals surface area (Å²) in [6.45, 7) is 2.27. The molecule has 0 spiro atoms. The lowest BCUT2D eigenvalue weighted by Gasteiger charge is -2.13. The van der Waals surface area contributed by atoms with E-state index in [0.717, 1.165) is 12.1 Å². The van der Waals surface area contributed by atoms with Crippen molar-refractivity contribution in [2.45, 2.75) is 13.1 Å². The second-order valence-corrected chi connectivity index (χ2v) is 5.17. The predicted octanol–water partition coefficient (Wildman–Crippen LogP) is 4.65. The first-order valence-corrected chi connectivity index (χ1v) is 7.67. The summed E-state index contributed by atoms with van der Waals surface area (Å²) < 4.78 is 44.3. The van der Waals surface area contributed by atoms with Crippen LogP contribution in [0.25, 0.3) is 6.08 Å². The van der Waals surface area contributed by atoms with Crippen LogP contribution >= 0.6 is 0 Å². The van der Waals surface area contributed by atoms with Crippen LogP contribution in [0.3, 0.4) is 0 Å². The van der Waals surface area contributed by atoms with Gasteiger partial charge in [-0.15, -0.1) is 0 Å². The van der Waals surface area contributed by atoms with Gasteiger partial charge in [0.2, 0.25) is 0 Å². The van der Waals surface area contributed by atoms with E-state index in [4.69, 9.17) is 4.74 Å². The SMILES string of the molecule is CCOc1cccc(/C=C(/C#N)C(=O)Nc2ccccc2C(F)(F)F)c1. The fourth-order valence-corrected chi connectivity index (χ4v) is 2.20. The summed E-state index contributed by atoms with van der Waals surface area (Å²) in [5, 5.41) is 11.4. The van der Waals surface area contributed by atoms with Crippen LogP contribution in [0.4, 0.5) is 18.9 Å². The van der Waals surface area contributed by atoms with Crippen molar-refractivity contribution in [1.29, 1.82) is 5.26 Å². The lowest BCUT2D eigenvalue weighted by molar-refractivity contribution is -0.137. The summed E-state index contributed by atoms with van der Waals surface area (Å²) in [6, 6.07) is 13.0. The highest BCUT2D eigenvalue weighted by Gasteiger charge is 2.33. The van der Waals surface area contributed by atoms with Crippen LogP contribution in [0.1, 0.15) is 18.1 Å². The van der Waals surface area contributed by atoms with Gasteiger partial charge in [-0.3, -0.25) is 4.79 Å². The Morgan fingerprint density at radius 3 is 2.62 bits per heavy atom. The van der Waals surface area contributed by atoms with Gasteiger partial charge in [0.25, 0.3) is 5.91 Å². The largest absolute Gasteiger partial charge is 0.494 e. The zero-order valence-electron chi connectivity index (χ0n) is 13.8. The molecule has 0 saturated carbocycles. The molecule has 0 saturated heterocycles. The Labute approximate surface area is 148 Å². The van der Waals surface area contributed by atoms with Gasteiger partial charge in [-0.25, -0.2) is 0 Å². The van der Waals surface area contributed by atoms with E-state index < -0.39 is 23.3 Å². The van der Waals surface area contributed by atoms with E-state index in [2.05, 4.69) is 5.32 Å². The average molecular weight is 360 g/mol. The minimum atomic E-state index is -4.62. The van der Waals surface area contributed by atoms with Crippen molar-refractivity contribution in [3.63, 3.8) is 0 Å². The van der Waals surface area contributed by atoms with Crippen molar-refractivity contribution in [2.75, 3.05) is 11.9 Å². The number of para-hydroxylation sites is 1. The van der Waals surface area contributed by atoms with Crippen LogP contribution in [0.5, 0.6) is 5.75 Å². The Hall–Kier alpha value is -3.27. The van der Waals surface area contributed by atoms with Crippen molar-refractivity contribution < 1.29 is 22.7 Å². The lowest BCUT2D eigenvalue weighted by Crippen LogP contribution is -2.17. The zero-order chi connectivity index (χ0) is 19.2. The summed E-state index contributed by atoms with van der Waals surface area (Å²) in [5.74, 6) is -0.368. The second-order valence-electron chi connectivity index (χ2n) is 5.17. The quantitative estimate of drug-likeness (QED) is 0.624. The molecule has 4 nitrogen and oxygen atoms in total. The van der Waals surface area contributed by atoms with Gasteiger partial charge in [-0.1, -0.05) is 24.3 Å². The minimum Gasteiger partial charge on any atom is -0.494 e. The van der Waals surface area contributed by atoms with Crippen molar-refractivity contribution >= 4 is 17.7 Å². The van der Waals surface area contributed by atoms with E-state index in [9.17, 15) is 23.2 Å². The number of hydrogen-bond donors (Lipinski definition) is 1. The number of rotatable bonds is 5. The first-order valence-electron chi connectivity index (χ1n) is 7.67. The van der Waals surface area contributed by atoms with Crippen LogP contribution in [0, 0.1) is 11.3 Å². The third-order valence-corrected chi connectivity index (χ3v) is 3.33. The molecule has 0 atom stereocenters. The average Bonchev–Trinajstić information content (AvgIpc) is 2.60. The molecular formula is C19H15F3N2O2. The van der Waals surface area contributed by atoms with E-state index in [1.807, 2.05) is 6.92 Å². The maximum atomic E-state index is 13.0. The molecule has 0 heterocycles. The smallest absolute Gasteiger partial charge is 0.418 e. The second kappa shape index (κ2) is 8.21. The molecule has 1 amide bonds. The van der Waals surface area contributed by atoms with Crippen LogP contribution in [0.2, 0.25) is 0 Å². The molecule has 0 aliphatic heterocycles. The third-order valence-electron chi connectivity index (χ3n) is 3.33. The van der Waals surface area contributed by atoms with E-state index >= 15 is 0 Å². The Morgan fingerprint density at radius 2 is 1.96 bits per heavy atom. The maximum absolute atomic E-state index is 13.0. The van der Waals surface area contributed by atoms with Gasteiger partial charge in [0.1, 0.15) is 17.4 Å². The molecule has 7 heteroatoms. The third kappa shape index (κ3) is 4.86. The fraction of sp³-hybridized carbons (Fsp3) is 0.158. The maximum Gasteiger partial charge on any atom is 0.418 e. The van der Waals surface area contributed by atoms with Crippen molar-refractivity contribution in [2.24, 2.45) is 0 Å². The number of anilines is 1. The molecule has 0 bridgehead atoms. The molecule has 2 rings (SSSR count). The highest BCUT2D eigenvalue weighted by atomic mass is 19.4. The zero-order valence-corrected chi connectivity index (χ0v) is 13.8. The molecule has 26 heavy (non-hydrogen) atoms. The van der Waals surface area contributed by atoms with Crippen LogP contribution in [-0.2, 0) is 11.0 Å². The molecule has 0 radical (unpaired) electrons. The summed E-state index contributed by atoms with van der Waals surface area (Å²) in [6.07, 6.45) is -3.33. The van der Waals surface area contributed by atoms with Gasteiger partial charge in [0.05, 0.1) is 17.9 Å². The summed E-state index contributed by atoms with van der Waals surface area (Å²) in [5.41, 5.74) is -1.19. The monoisotopic (exact) mass is 360 g/mol. The number of nitrogens with zero attached hydrogens (tertiary/aromatic N) is 1. The number of amides is 1. The number of nitriles is 1. The number of carbonyl (C=O) groups excluding carboxylic acids is 1. The standard InChI is InChI=1S/C19H15F3N2O2/c1-2-26-15-7-5-6-13(11-15)10-14(12-23)18(25)24-17-9-4-3-8-16(17)19(20,21)22/h3-11H,2H2,1H3,(H,24,25)/b14-10-. The predicted molar refractivity (Wildman–Crippen MR) is 91.3 cm³/mol. The number of ether oxygens (including phenoxy) is 1. The molecule has 134 valence electrons. The number of benzene rings is 2. The molecule has 1 N–H and O–H groups in total.